The van der Waals surface area contributed by atoms with Crippen molar-refractivity contribution in [1.82, 2.24) is 9.99 Å². The summed E-state index contributed by atoms with van der Waals surface area (Å²) in [5.74, 6) is 0.725. The molecule has 0 aliphatic heterocycles. The van der Waals surface area contributed by atoms with Crippen LogP contribution in [-0.2, 0) is 6.54 Å². The zero-order valence-electron chi connectivity index (χ0n) is 19.6. The predicted molar refractivity (Wildman–Crippen MR) is 140 cm³/mol. The number of hydrazone groups is 1. The van der Waals surface area contributed by atoms with Gasteiger partial charge in [0.15, 0.2) is 0 Å². The van der Waals surface area contributed by atoms with Crippen LogP contribution in [-0.4, -0.2) is 30.9 Å². The quantitative estimate of drug-likeness (QED) is 0.252. The normalized spacial score (nSPS) is 11.3. The summed E-state index contributed by atoms with van der Waals surface area (Å²) < 4.78 is 12.7. The summed E-state index contributed by atoms with van der Waals surface area (Å²) >= 11 is 0. The summed E-state index contributed by atoms with van der Waals surface area (Å²) in [4.78, 5) is 12.7. The van der Waals surface area contributed by atoms with E-state index in [2.05, 4.69) is 75.9 Å². The fourth-order valence-electron chi connectivity index (χ4n) is 4.29. The SMILES string of the molecule is COc1cc(OC)cc(C(=O)NN=Cc2cn(Cc3cccc4ccccc34)c3ccccc23)c1. The maximum absolute atomic E-state index is 12.7. The lowest BCUT2D eigenvalue weighted by atomic mass is 10.0. The number of ether oxygens (including phenoxy) is 2. The van der Waals surface area contributed by atoms with Gasteiger partial charge in [-0.3, -0.25) is 4.79 Å². The molecular formula is C29H25N3O3. The molecule has 0 bridgehead atoms. The van der Waals surface area contributed by atoms with Crippen molar-refractivity contribution in [3.63, 3.8) is 0 Å². The van der Waals surface area contributed by atoms with E-state index in [1.165, 1.54) is 16.3 Å². The van der Waals surface area contributed by atoms with Crippen molar-refractivity contribution in [3.05, 3.63) is 108 Å². The molecule has 35 heavy (non-hydrogen) atoms. The van der Waals surface area contributed by atoms with Crippen molar-refractivity contribution in [1.29, 1.82) is 0 Å². The average Bonchev–Trinajstić information content (AvgIpc) is 3.25. The number of nitrogens with one attached hydrogen (secondary N) is 1. The number of carbonyl (C=O) groups excluding carboxylic acids is 1. The Bertz CT molecular complexity index is 1520. The van der Waals surface area contributed by atoms with Crippen LogP contribution in [0.5, 0.6) is 11.5 Å². The predicted octanol–water partition coefficient (Wildman–Crippen LogP) is 5.62. The number of hydrogen-bond donors (Lipinski definition) is 1. The van der Waals surface area contributed by atoms with Gasteiger partial charge < -0.3 is 14.0 Å². The van der Waals surface area contributed by atoms with Gasteiger partial charge in [0.25, 0.3) is 5.91 Å². The molecule has 5 aromatic rings. The number of hydrogen-bond acceptors (Lipinski definition) is 4. The number of methoxy groups -OCH3 is 2. The Morgan fingerprint density at radius 3 is 2.34 bits per heavy atom. The molecule has 0 aliphatic carbocycles. The molecule has 4 aromatic carbocycles. The maximum Gasteiger partial charge on any atom is 0.271 e. The average molecular weight is 464 g/mol. The Hall–Kier alpha value is -4.58. The Balaban J connectivity index is 1.41. The zero-order chi connectivity index (χ0) is 24.2. The number of fused-ring (bicyclic) bond motifs is 2. The second-order valence-electron chi connectivity index (χ2n) is 8.17. The van der Waals surface area contributed by atoms with Gasteiger partial charge in [0.1, 0.15) is 11.5 Å². The fraction of sp³-hybridized carbons (Fsp3) is 0.103. The standard InChI is InChI=1S/C29H25N3O3/c1-34-24-14-22(15-25(16-24)35-2)29(33)31-30-17-23-19-32(28-13-6-5-12-27(23)28)18-21-10-7-9-20-8-3-4-11-26(20)21/h3-17,19H,18H2,1-2H3,(H,31,33). The smallest absolute Gasteiger partial charge is 0.271 e. The molecule has 0 aliphatic rings. The van der Waals surface area contributed by atoms with Crippen LogP contribution in [0.2, 0.25) is 0 Å². The van der Waals surface area contributed by atoms with Crippen LogP contribution in [0.1, 0.15) is 21.5 Å². The van der Waals surface area contributed by atoms with E-state index in [1.807, 2.05) is 12.1 Å². The van der Waals surface area contributed by atoms with E-state index in [0.29, 0.717) is 17.1 Å². The minimum atomic E-state index is -0.349. The Kier molecular flexibility index (Phi) is 6.18. The molecule has 0 atom stereocenters. The highest BCUT2D eigenvalue weighted by Crippen LogP contribution is 2.25. The van der Waals surface area contributed by atoms with Gasteiger partial charge in [-0.2, -0.15) is 5.10 Å². The van der Waals surface area contributed by atoms with Crippen LogP contribution in [0.3, 0.4) is 0 Å². The monoisotopic (exact) mass is 463 g/mol. The van der Waals surface area contributed by atoms with E-state index in [1.54, 1.807) is 38.6 Å². The summed E-state index contributed by atoms with van der Waals surface area (Å²) in [6, 6.07) is 28.0. The topological polar surface area (TPSA) is 64.8 Å². The van der Waals surface area contributed by atoms with Crippen molar-refractivity contribution in [2.24, 2.45) is 5.10 Å². The van der Waals surface area contributed by atoms with E-state index in [9.17, 15) is 4.79 Å². The third-order valence-electron chi connectivity index (χ3n) is 6.02. The molecule has 6 nitrogen and oxygen atoms in total. The lowest BCUT2D eigenvalue weighted by molar-refractivity contribution is 0.0954. The number of para-hydroxylation sites is 1. The van der Waals surface area contributed by atoms with Gasteiger partial charge in [-0.05, 0) is 34.5 Å². The molecule has 174 valence electrons. The van der Waals surface area contributed by atoms with Gasteiger partial charge in [0, 0.05) is 40.8 Å². The van der Waals surface area contributed by atoms with Gasteiger partial charge in [-0.25, -0.2) is 5.43 Å². The highest BCUT2D eigenvalue weighted by Gasteiger charge is 2.11. The van der Waals surface area contributed by atoms with Crippen LogP contribution in [0.15, 0.2) is 96.2 Å². The van der Waals surface area contributed by atoms with Gasteiger partial charge in [0.2, 0.25) is 0 Å². The van der Waals surface area contributed by atoms with Crippen molar-refractivity contribution in [3.8, 4) is 11.5 Å². The van der Waals surface area contributed by atoms with Crippen molar-refractivity contribution < 1.29 is 14.3 Å². The van der Waals surface area contributed by atoms with Crippen LogP contribution in [0.4, 0.5) is 0 Å². The van der Waals surface area contributed by atoms with E-state index < -0.39 is 0 Å². The molecule has 0 fully saturated rings. The first kappa shape index (κ1) is 22.2. The van der Waals surface area contributed by atoms with Crippen molar-refractivity contribution in [2.45, 2.75) is 6.54 Å². The van der Waals surface area contributed by atoms with Crippen LogP contribution in [0, 0.1) is 0 Å². The molecule has 0 radical (unpaired) electrons. The third-order valence-corrected chi connectivity index (χ3v) is 6.02. The first-order chi connectivity index (χ1) is 17.2. The third kappa shape index (κ3) is 4.59. The molecule has 5 rings (SSSR count). The van der Waals surface area contributed by atoms with Gasteiger partial charge >= 0.3 is 0 Å². The number of amides is 1. The second kappa shape index (κ2) is 9.73. The Morgan fingerprint density at radius 2 is 1.57 bits per heavy atom. The second-order valence-corrected chi connectivity index (χ2v) is 8.17. The van der Waals surface area contributed by atoms with Gasteiger partial charge in [-0.1, -0.05) is 60.7 Å². The molecular weight excluding hydrogens is 438 g/mol. The van der Waals surface area contributed by atoms with Gasteiger partial charge in [-0.15, -0.1) is 0 Å². The number of benzene rings is 4. The molecule has 1 N–H and O–H groups in total. The van der Waals surface area contributed by atoms with Crippen LogP contribution >= 0.6 is 0 Å². The minimum Gasteiger partial charge on any atom is -0.497 e. The molecule has 1 heterocycles. The van der Waals surface area contributed by atoms with E-state index in [0.717, 1.165) is 23.0 Å². The first-order valence-electron chi connectivity index (χ1n) is 11.3. The first-order valence-corrected chi connectivity index (χ1v) is 11.3. The van der Waals surface area contributed by atoms with Crippen LogP contribution < -0.4 is 14.9 Å². The Morgan fingerprint density at radius 1 is 0.886 bits per heavy atom. The fourth-order valence-corrected chi connectivity index (χ4v) is 4.29. The number of rotatable bonds is 7. The van der Waals surface area contributed by atoms with E-state index in [-0.39, 0.29) is 5.91 Å². The summed E-state index contributed by atoms with van der Waals surface area (Å²) in [6.45, 7) is 0.728. The highest BCUT2D eigenvalue weighted by atomic mass is 16.5. The lowest BCUT2D eigenvalue weighted by Crippen LogP contribution is -2.17. The van der Waals surface area contributed by atoms with Crippen LogP contribution in [0.25, 0.3) is 21.7 Å². The lowest BCUT2D eigenvalue weighted by Gasteiger charge is -2.09. The van der Waals surface area contributed by atoms with Gasteiger partial charge in [0.05, 0.1) is 20.4 Å². The summed E-state index contributed by atoms with van der Waals surface area (Å²) in [6.07, 6.45) is 3.74. The molecule has 0 saturated carbocycles. The number of aromatic nitrogens is 1. The molecule has 0 unspecified atom stereocenters. The number of carbonyl (C=O) groups is 1. The van der Waals surface area contributed by atoms with Crippen molar-refractivity contribution in [2.75, 3.05) is 14.2 Å². The summed E-state index contributed by atoms with van der Waals surface area (Å²) in [5, 5.41) is 7.76. The highest BCUT2D eigenvalue weighted by molar-refractivity contribution is 6.01. The van der Waals surface area contributed by atoms with Crippen molar-refractivity contribution >= 4 is 33.8 Å². The summed E-state index contributed by atoms with van der Waals surface area (Å²) in [5.41, 5.74) is 6.27. The number of nitrogens with zero attached hydrogens (tertiary/aromatic N) is 2. The molecule has 1 aromatic heterocycles. The molecule has 6 heteroatoms. The molecule has 0 saturated heterocycles. The molecule has 0 spiro atoms. The zero-order valence-corrected chi connectivity index (χ0v) is 19.6. The summed E-state index contributed by atoms with van der Waals surface area (Å²) in [7, 11) is 3.09. The molecule has 1 amide bonds. The largest absolute Gasteiger partial charge is 0.497 e. The Labute approximate surface area is 203 Å². The maximum atomic E-state index is 12.7. The minimum absolute atomic E-state index is 0.349. The van der Waals surface area contributed by atoms with E-state index in [4.69, 9.17) is 9.47 Å². The van der Waals surface area contributed by atoms with E-state index >= 15 is 0 Å².